The first-order valence-corrected chi connectivity index (χ1v) is 9.10. The summed E-state index contributed by atoms with van der Waals surface area (Å²) in [6, 6.07) is 15.5. The monoisotopic (exact) mass is 343 g/mol. The minimum atomic E-state index is -0.0748. The first kappa shape index (κ1) is 18.4. The van der Waals surface area contributed by atoms with Crippen LogP contribution in [-0.2, 0) is 0 Å². The number of thioether (sulfide) groups is 1. The summed E-state index contributed by atoms with van der Waals surface area (Å²) in [4.78, 5) is 13.6. The van der Waals surface area contributed by atoms with E-state index in [1.54, 1.807) is 11.8 Å². The van der Waals surface area contributed by atoms with E-state index in [9.17, 15) is 4.79 Å². The molecule has 2 aromatic carbocycles. The van der Waals surface area contributed by atoms with Gasteiger partial charge in [-0.05, 0) is 37.6 Å². The number of para-hydroxylation sites is 1. The molecular formula is C20H25NO2S. The van der Waals surface area contributed by atoms with Crippen LogP contribution in [-0.4, -0.2) is 23.8 Å². The van der Waals surface area contributed by atoms with Gasteiger partial charge in [-0.25, -0.2) is 0 Å². The molecule has 0 aliphatic rings. The molecule has 0 saturated heterocycles. The Balaban J connectivity index is 1.96. The Morgan fingerprint density at radius 2 is 1.75 bits per heavy atom. The number of nitrogens with one attached hydrogen (secondary N) is 1. The average Bonchev–Trinajstić information content (AvgIpc) is 2.54. The Morgan fingerprint density at radius 3 is 2.46 bits per heavy atom. The molecule has 2 rings (SSSR count). The van der Waals surface area contributed by atoms with Crippen LogP contribution in [0.5, 0.6) is 5.75 Å². The van der Waals surface area contributed by atoms with Gasteiger partial charge in [-0.1, -0.05) is 44.2 Å². The van der Waals surface area contributed by atoms with Crippen LogP contribution in [0.2, 0.25) is 0 Å². The van der Waals surface area contributed by atoms with Gasteiger partial charge in [0.15, 0.2) is 0 Å². The molecule has 1 amide bonds. The van der Waals surface area contributed by atoms with Crippen molar-refractivity contribution in [3.63, 3.8) is 0 Å². The van der Waals surface area contributed by atoms with E-state index in [2.05, 4.69) is 19.2 Å². The van der Waals surface area contributed by atoms with Crippen molar-refractivity contribution >= 4 is 17.7 Å². The molecule has 3 nitrogen and oxygen atoms in total. The minimum absolute atomic E-state index is 0.0559. The van der Waals surface area contributed by atoms with Gasteiger partial charge in [-0.3, -0.25) is 4.79 Å². The van der Waals surface area contributed by atoms with Gasteiger partial charge in [0.1, 0.15) is 12.4 Å². The molecule has 128 valence electrons. The third kappa shape index (κ3) is 5.31. The summed E-state index contributed by atoms with van der Waals surface area (Å²) in [5.74, 6) is 0.800. The zero-order chi connectivity index (χ0) is 17.5. The molecule has 0 spiro atoms. The number of benzene rings is 2. The predicted molar refractivity (Wildman–Crippen MR) is 101 cm³/mol. The van der Waals surface area contributed by atoms with E-state index in [4.69, 9.17) is 4.74 Å². The summed E-state index contributed by atoms with van der Waals surface area (Å²) in [5.41, 5.74) is 1.81. The van der Waals surface area contributed by atoms with Gasteiger partial charge in [0, 0.05) is 10.1 Å². The number of rotatable bonds is 7. The maximum atomic E-state index is 12.6. The van der Waals surface area contributed by atoms with Crippen molar-refractivity contribution in [3.05, 3.63) is 59.7 Å². The quantitative estimate of drug-likeness (QED) is 0.741. The molecule has 2 aromatic rings. The zero-order valence-electron chi connectivity index (χ0n) is 14.7. The van der Waals surface area contributed by atoms with Gasteiger partial charge in [0.2, 0.25) is 0 Å². The number of aryl methyl sites for hydroxylation is 1. The van der Waals surface area contributed by atoms with E-state index >= 15 is 0 Å². The third-order valence-electron chi connectivity index (χ3n) is 3.45. The smallest absolute Gasteiger partial charge is 0.252 e. The maximum absolute atomic E-state index is 12.6. The van der Waals surface area contributed by atoms with Gasteiger partial charge in [0.05, 0.1) is 11.6 Å². The maximum Gasteiger partial charge on any atom is 0.252 e. The van der Waals surface area contributed by atoms with Crippen LogP contribution in [0.25, 0.3) is 0 Å². The zero-order valence-corrected chi connectivity index (χ0v) is 15.5. The second-order valence-corrected chi connectivity index (χ2v) is 7.73. The first-order valence-electron chi connectivity index (χ1n) is 8.22. The molecule has 0 aromatic heterocycles. The van der Waals surface area contributed by atoms with E-state index in [1.165, 1.54) is 0 Å². The summed E-state index contributed by atoms with van der Waals surface area (Å²) in [6.07, 6.45) is 0. The molecule has 0 bridgehead atoms. The van der Waals surface area contributed by atoms with Gasteiger partial charge in [-0.2, -0.15) is 0 Å². The number of ether oxygens (including phenoxy) is 1. The van der Waals surface area contributed by atoms with Crippen LogP contribution in [0.1, 0.15) is 36.7 Å². The van der Waals surface area contributed by atoms with Crippen LogP contribution < -0.4 is 10.1 Å². The molecular weight excluding hydrogens is 318 g/mol. The lowest BCUT2D eigenvalue weighted by molar-refractivity contribution is 0.0923. The van der Waals surface area contributed by atoms with E-state index < -0.39 is 0 Å². The molecule has 1 atom stereocenters. The Hall–Kier alpha value is -1.94. The van der Waals surface area contributed by atoms with Crippen LogP contribution in [0.15, 0.2) is 53.4 Å². The van der Waals surface area contributed by atoms with Crippen LogP contribution >= 0.6 is 11.8 Å². The summed E-state index contributed by atoms with van der Waals surface area (Å²) in [5, 5.41) is 3.45. The molecule has 0 radical (unpaired) electrons. The highest BCUT2D eigenvalue weighted by Crippen LogP contribution is 2.26. The van der Waals surface area contributed by atoms with Crippen molar-refractivity contribution in [3.8, 4) is 5.75 Å². The van der Waals surface area contributed by atoms with Crippen molar-refractivity contribution < 1.29 is 9.53 Å². The Bertz CT molecular complexity index is 685. The molecule has 0 aliphatic heterocycles. The van der Waals surface area contributed by atoms with Gasteiger partial charge < -0.3 is 10.1 Å². The molecule has 4 heteroatoms. The lowest BCUT2D eigenvalue weighted by Gasteiger charge is -2.17. The lowest BCUT2D eigenvalue weighted by Crippen LogP contribution is -2.37. The molecule has 0 heterocycles. The fourth-order valence-corrected chi connectivity index (χ4v) is 3.24. The van der Waals surface area contributed by atoms with E-state index in [0.717, 1.165) is 21.8 Å². The van der Waals surface area contributed by atoms with Crippen molar-refractivity contribution in [2.45, 2.75) is 43.9 Å². The average molecular weight is 343 g/mol. The van der Waals surface area contributed by atoms with E-state index in [1.807, 2.05) is 62.4 Å². The van der Waals surface area contributed by atoms with Gasteiger partial charge in [0.25, 0.3) is 5.91 Å². The molecule has 0 unspecified atom stereocenters. The minimum Gasteiger partial charge on any atom is -0.491 e. The standard InChI is InChI=1S/C20H25NO2S/c1-14(2)24-19-12-8-6-10-17(19)20(22)21-16(4)13-23-18-11-7-5-9-15(18)3/h5-12,14,16H,13H2,1-4H3,(H,21,22)/t16-/m1/s1. The SMILES string of the molecule is Cc1ccccc1OC[C@@H](C)NC(=O)c1ccccc1SC(C)C. The summed E-state index contributed by atoms with van der Waals surface area (Å²) in [7, 11) is 0. The predicted octanol–water partition coefficient (Wildman–Crippen LogP) is 4.69. The van der Waals surface area contributed by atoms with Crippen molar-refractivity contribution in [2.75, 3.05) is 6.61 Å². The van der Waals surface area contributed by atoms with Gasteiger partial charge in [-0.15, -0.1) is 11.8 Å². The number of carbonyl (C=O) groups is 1. The Kier molecular flexibility index (Phi) is 6.73. The van der Waals surface area contributed by atoms with E-state index in [-0.39, 0.29) is 11.9 Å². The van der Waals surface area contributed by atoms with Crippen molar-refractivity contribution in [2.24, 2.45) is 0 Å². The fraction of sp³-hybridized carbons (Fsp3) is 0.350. The second-order valence-electron chi connectivity index (χ2n) is 6.11. The Labute approximate surface area is 148 Å². The first-order chi connectivity index (χ1) is 11.5. The molecule has 1 N–H and O–H groups in total. The topological polar surface area (TPSA) is 38.3 Å². The summed E-state index contributed by atoms with van der Waals surface area (Å²) < 4.78 is 5.81. The number of hydrogen-bond acceptors (Lipinski definition) is 3. The highest BCUT2D eigenvalue weighted by molar-refractivity contribution is 8.00. The second kappa shape index (κ2) is 8.78. The van der Waals surface area contributed by atoms with Gasteiger partial charge >= 0.3 is 0 Å². The van der Waals surface area contributed by atoms with Crippen LogP contribution in [0.4, 0.5) is 0 Å². The lowest BCUT2D eigenvalue weighted by atomic mass is 10.2. The third-order valence-corrected chi connectivity index (χ3v) is 4.54. The van der Waals surface area contributed by atoms with Crippen LogP contribution in [0.3, 0.4) is 0 Å². The number of carbonyl (C=O) groups excluding carboxylic acids is 1. The number of amides is 1. The summed E-state index contributed by atoms with van der Waals surface area (Å²) in [6.45, 7) is 8.65. The van der Waals surface area contributed by atoms with Crippen LogP contribution in [0, 0.1) is 6.92 Å². The largest absolute Gasteiger partial charge is 0.491 e. The normalized spacial score (nSPS) is 12.0. The fourth-order valence-electron chi connectivity index (χ4n) is 2.29. The highest BCUT2D eigenvalue weighted by Gasteiger charge is 2.15. The van der Waals surface area contributed by atoms with Crippen molar-refractivity contribution in [1.82, 2.24) is 5.32 Å². The number of hydrogen-bond donors (Lipinski definition) is 1. The van der Waals surface area contributed by atoms with E-state index in [0.29, 0.717) is 11.9 Å². The molecule has 0 saturated carbocycles. The summed E-state index contributed by atoms with van der Waals surface area (Å²) >= 11 is 1.70. The Morgan fingerprint density at radius 1 is 1.08 bits per heavy atom. The molecule has 0 aliphatic carbocycles. The molecule has 24 heavy (non-hydrogen) atoms. The molecule has 0 fully saturated rings. The highest BCUT2D eigenvalue weighted by atomic mass is 32.2. The van der Waals surface area contributed by atoms with Crippen molar-refractivity contribution in [1.29, 1.82) is 0 Å².